The summed E-state index contributed by atoms with van der Waals surface area (Å²) in [4.78, 5) is 11.6. The zero-order chi connectivity index (χ0) is 13.9. The second-order valence-electron chi connectivity index (χ2n) is 5.03. The molecule has 0 bridgehead atoms. The molecule has 0 fully saturated rings. The van der Waals surface area contributed by atoms with Crippen LogP contribution in [0.1, 0.15) is 31.9 Å². The molecular weight excluding hydrogens is 301 g/mol. The van der Waals surface area contributed by atoms with Gasteiger partial charge in [0.1, 0.15) is 11.4 Å². The van der Waals surface area contributed by atoms with Gasteiger partial charge in [0.2, 0.25) is 0 Å². The molecule has 0 aromatic heterocycles. The fourth-order valence-electron chi connectivity index (χ4n) is 1.43. The van der Waals surface area contributed by atoms with Crippen LogP contribution in [-0.2, 0) is 10.1 Å². The number of alkyl halides is 1. The first kappa shape index (κ1) is 15.0. The van der Waals surface area contributed by atoms with E-state index in [4.69, 9.17) is 4.74 Å². The zero-order valence-corrected chi connectivity index (χ0v) is 12.5. The van der Waals surface area contributed by atoms with Crippen LogP contribution >= 0.6 is 15.9 Å². The number of rotatable bonds is 2. The Kier molecular flexibility index (Phi) is 4.73. The van der Waals surface area contributed by atoms with Gasteiger partial charge in [-0.25, -0.2) is 9.18 Å². The van der Waals surface area contributed by atoms with E-state index in [9.17, 15) is 9.18 Å². The molecule has 0 unspecified atom stereocenters. The molecule has 5 heteroatoms. The Hall–Kier alpha value is -1.10. The molecule has 0 aliphatic rings. The van der Waals surface area contributed by atoms with E-state index in [0.29, 0.717) is 22.1 Å². The maximum atomic E-state index is 13.6. The minimum Gasteiger partial charge on any atom is -0.444 e. The Bertz CT molecular complexity index is 455. The van der Waals surface area contributed by atoms with Crippen molar-refractivity contribution >= 4 is 27.7 Å². The fraction of sp³-hybridized carbons (Fsp3) is 0.462. The molecule has 100 valence electrons. The van der Waals surface area contributed by atoms with E-state index >= 15 is 0 Å². The lowest BCUT2D eigenvalue weighted by Gasteiger charge is -2.20. The first-order valence-electron chi connectivity index (χ1n) is 5.58. The molecule has 1 amide bonds. The van der Waals surface area contributed by atoms with E-state index in [2.05, 4.69) is 21.2 Å². The van der Waals surface area contributed by atoms with Crippen molar-refractivity contribution in [3.63, 3.8) is 0 Å². The summed E-state index contributed by atoms with van der Waals surface area (Å²) in [5, 5.41) is 2.98. The lowest BCUT2D eigenvalue weighted by Crippen LogP contribution is -2.27. The highest BCUT2D eigenvalue weighted by Gasteiger charge is 2.17. The number of hydrogen-bond donors (Lipinski definition) is 1. The SMILES string of the molecule is Cc1cc(NC(=O)OC(C)(C)C)cc(CBr)c1F. The number of hydrogen-bond acceptors (Lipinski definition) is 2. The molecule has 0 saturated carbocycles. The van der Waals surface area contributed by atoms with E-state index in [1.54, 1.807) is 39.8 Å². The summed E-state index contributed by atoms with van der Waals surface area (Å²) in [5.41, 5.74) is 0.953. The van der Waals surface area contributed by atoms with Gasteiger partial charge in [0.25, 0.3) is 0 Å². The summed E-state index contributed by atoms with van der Waals surface area (Å²) < 4.78 is 18.7. The van der Waals surface area contributed by atoms with Crippen molar-refractivity contribution in [1.82, 2.24) is 0 Å². The molecule has 0 aliphatic heterocycles. The van der Waals surface area contributed by atoms with Crippen LogP contribution in [0.25, 0.3) is 0 Å². The van der Waals surface area contributed by atoms with Gasteiger partial charge in [0.05, 0.1) is 0 Å². The van der Waals surface area contributed by atoms with Gasteiger partial charge in [-0.1, -0.05) is 15.9 Å². The molecule has 1 N–H and O–H groups in total. The van der Waals surface area contributed by atoms with Crippen LogP contribution < -0.4 is 5.32 Å². The Labute approximate surface area is 115 Å². The van der Waals surface area contributed by atoms with E-state index in [1.807, 2.05) is 0 Å². The van der Waals surface area contributed by atoms with Gasteiger partial charge in [-0.15, -0.1) is 0 Å². The molecule has 1 rings (SSSR count). The molecule has 3 nitrogen and oxygen atoms in total. The molecule has 0 atom stereocenters. The van der Waals surface area contributed by atoms with Crippen molar-refractivity contribution < 1.29 is 13.9 Å². The third-order valence-corrected chi connectivity index (χ3v) is 2.72. The Balaban J connectivity index is 2.86. The number of ether oxygens (including phenoxy) is 1. The minimum absolute atomic E-state index is 0.262. The van der Waals surface area contributed by atoms with Crippen LogP contribution in [-0.4, -0.2) is 11.7 Å². The van der Waals surface area contributed by atoms with Gasteiger partial charge in [-0.05, 0) is 45.4 Å². The smallest absolute Gasteiger partial charge is 0.412 e. The quantitative estimate of drug-likeness (QED) is 0.822. The summed E-state index contributed by atoms with van der Waals surface area (Å²) in [6.45, 7) is 7.01. The Morgan fingerprint density at radius 3 is 2.56 bits per heavy atom. The first-order chi connectivity index (χ1) is 8.23. The summed E-state index contributed by atoms with van der Waals surface area (Å²) >= 11 is 3.21. The van der Waals surface area contributed by atoms with Gasteiger partial charge in [0, 0.05) is 16.6 Å². The van der Waals surface area contributed by atoms with Crippen LogP contribution in [0.15, 0.2) is 12.1 Å². The van der Waals surface area contributed by atoms with Crippen LogP contribution in [0.4, 0.5) is 14.9 Å². The molecule has 0 spiro atoms. The molecule has 1 aromatic rings. The number of aryl methyl sites for hydroxylation is 1. The van der Waals surface area contributed by atoms with Gasteiger partial charge in [0.15, 0.2) is 0 Å². The van der Waals surface area contributed by atoms with Crippen LogP contribution in [0.2, 0.25) is 0 Å². The third-order valence-electron chi connectivity index (χ3n) is 2.12. The molecule has 1 aromatic carbocycles. The Morgan fingerprint density at radius 2 is 2.06 bits per heavy atom. The van der Waals surface area contributed by atoms with Crippen molar-refractivity contribution in [2.75, 3.05) is 5.32 Å². The number of anilines is 1. The lowest BCUT2D eigenvalue weighted by atomic mass is 10.1. The van der Waals surface area contributed by atoms with Gasteiger partial charge in [-0.2, -0.15) is 0 Å². The van der Waals surface area contributed by atoms with Gasteiger partial charge in [-0.3, -0.25) is 5.32 Å². The summed E-state index contributed by atoms with van der Waals surface area (Å²) in [6, 6.07) is 3.16. The Morgan fingerprint density at radius 1 is 1.44 bits per heavy atom. The van der Waals surface area contributed by atoms with Crippen LogP contribution in [0, 0.1) is 12.7 Å². The molecule has 0 radical (unpaired) electrons. The van der Waals surface area contributed by atoms with E-state index in [0.717, 1.165) is 0 Å². The number of carbonyl (C=O) groups is 1. The van der Waals surface area contributed by atoms with Crippen molar-refractivity contribution in [2.45, 2.75) is 38.6 Å². The highest BCUT2D eigenvalue weighted by atomic mass is 79.9. The molecule has 0 saturated heterocycles. The summed E-state index contributed by atoms with van der Waals surface area (Å²) in [6.07, 6.45) is -0.547. The van der Waals surface area contributed by atoms with E-state index in [-0.39, 0.29) is 5.82 Å². The highest BCUT2D eigenvalue weighted by molar-refractivity contribution is 9.08. The van der Waals surface area contributed by atoms with Crippen LogP contribution in [0.5, 0.6) is 0 Å². The maximum absolute atomic E-state index is 13.6. The van der Waals surface area contributed by atoms with E-state index in [1.165, 1.54) is 0 Å². The number of benzene rings is 1. The van der Waals surface area contributed by atoms with E-state index < -0.39 is 11.7 Å². The van der Waals surface area contributed by atoms with Crippen molar-refractivity contribution in [3.05, 3.63) is 29.1 Å². The fourth-order valence-corrected chi connectivity index (χ4v) is 1.84. The lowest BCUT2D eigenvalue weighted by molar-refractivity contribution is 0.0636. The van der Waals surface area contributed by atoms with Gasteiger partial charge < -0.3 is 4.74 Å². The predicted octanol–water partition coefficient (Wildman–Crippen LogP) is 4.38. The second kappa shape index (κ2) is 5.69. The summed E-state index contributed by atoms with van der Waals surface area (Å²) in [7, 11) is 0. The highest BCUT2D eigenvalue weighted by Crippen LogP contribution is 2.22. The third kappa shape index (κ3) is 4.29. The number of nitrogens with one attached hydrogen (secondary N) is 1. The predicted molar refractivity (Wildman–Crippen MR) is 73.6 cm³/mol. The average Bonchev–Trinajstić information content (AvgIpc) is 2.20. The molecular formula is C13H17BrFNO2. The van der Waals surface area contributed by atoms with Gasteiger partial charge >= 0.3 is 6.09 Å². The number of halogens is 2. The molecule has 0 aliphatic carbocycles. The van der Waals surface area contributed by atoms with Crippen LogP contribution in [0.3, 0.4) is 0 Å². The monoisotopic (exact) mass is 317 g/mol. The van der Waals surface area contributed by atoms with Crippen molar-refractivity contribution in [1.29, 1.82) is 0 Å². The second-order valence-corrected chi connectivity index (χ2v) is 5.59. The number of carbonyl (C=O) groups excluding carboxylic acids is 1. The molecule has 0 heterocycles. The first-order valence-corrected chi connectivity index (χ1v) is 6.70. The normalized spacial score (nSPS) is 11.2. The van der Waals surface area contributed by atoms with Crippen molar-refractivity contribution in [3.8, 4) is 0 Å². The van der Waals surface area contributed by atoms with Crippen molar-refractivity contribution in [2.24, 2.45) is 0 Å². The largest absolute Gasteiger partial charge is 0.444 e. The maximum Gasteiger partial charge on any atom is 0.412 e. The molecule has 18 heavy (non-hydrogen) atoms. The number of amides is 1. The minimum atomic E-state index is -0.558. The standard InChI is InChI=1S/C13H17BrFNO2/c1-8-5-10(6-9(7-14)11(8)15)16-12(17)18-13(2,3)4/h5-6H,7H2,1-4H3,(H,16,17). The average molecular weight is 318 g/mol. The summed E-state index contributed by atoms with van der Waals surface area (Å²) in [5.74, 6) is -0.262. The zero-order valence-electron chi connectivity index (χ0n) is 10.9. The topological polar surface area (TPSA) is 38.3 Å².